The van der Waals surface area contributed by atoms with Crippen LogP contribution in [0.4, 0.5) is 5.82 Å². The number of aryl methyl sites for hydroxylation is 1. The molecule has 0 bridgehead atoms. The predicted molar refractivity (Wildman–Crippen MR) is 94.8 cm³/mol. The molecule has 0 radical (unpaired) electrons. The van der Waals surface area contributed by atoms with E-state index < -0.39 is 10.0 Å². The first-order valence-electron chi connectivity index (χ1n) is 8.06. The van der Waals surface area contributed by atoms with E-state index in [1.54, 1.807) is 24.3 Å². The lowest BCUT2D eigenvalue weighted by Crippen LogP contribution is -2.31. The van der Waals surface area contributed by atoms with E-state index in [1.807, 2.05) is 20.8 Å². The van der Waals surface area contributed by atoms with E-state index in [2.05, 4.69) is 4.98 Å². The smallest absolute Gasteiger partial charge is 0.301 e. The van der Waals surface area contributed by atoms with E-state index in [4.69, 9.17) is 4.74 Å². The SMILES string of the molecule is COc1nc2c(c(=O)n1C(C)C)CCN2S(=O)(=O)c1ccc(C)cc1. The van der Waals surface area contributed by atoms with Crippen molar-refractivity contribution in [3.63, 3.8) is 0 Å². The highest BCUT2D eigenvalue weighted by atomic mass is 32.2. The molecule has 134 valence electrons. The summed E-state index contributed by atoms with van der Waals surface area (Å²) in [6, 6.07) is 6.60. The zero-order chi connectivity index (χ0) is 18.4. The van der Waals surface area contributed by atoms with Gasteiger partial charge in [-0.2, -0.15) is 4.98 Å². The Balaban J connectivity index is 2.15. The second kappa shape index (κ2) is 6.18. The van der Waals surface area contributed by atoms with Crippen LogP contribution < -0.4 is 14.6 Å². The standard InChI is InChI=1S/C17H21N3O4S/c1-11(2)20-16(21)14-9-10-19(15(14)18-17(20)24-4)25(22,23)13-7-5-12(3)6-8-13/h5-8,11H,9-10H2,1-4H3. The summed E-state index contributed by atoms with van der Waals surface area (Å²) in [5.41, 5.74) is 1.13. The van der Waals surface area contributed by atoms with Gasteiger partial charge < -0.3 is 4.74 Å². The van der Waals surface area contributed by atoms with Gasteiger partial charge in [-0.05, 0) is 32.9 Å². The molecule has 0 unspecified atom stereocenters. The molecule has 0 N–H and O–H groups in total. The number of benzene rings is 1. The van der Waals surface area contributed by atoms with Crippen LogP contribution in [0.15, 0.2) is 34.0 Å². The van der Waals surface area contributed by atoms with E-state index >= 15 is 0 Å². The summed E-state index contributed by atoms with van der Waals surface area (Å²) < 4.78 is 33.8. The van der Waals surface area contributed by atoms with Crippen LogP contribution >= 0.6 is 0 Å². The third kappa shape index (κ3) is 2.80. The normalized spacial score (nSPS) is 14.0. The number of ether oxygens (including phenoxy) is 1. The van der Waals surface area contributed by atoms with Gasteiger partial charge >= 0.3 is 6.01 Å². The molecule has 25 heavy (non-hydrogen) atoms. The maximum absolute atomic E-state index is 13.0. The van der Waals surface area contributed by atoms with Crippen LogP contribution in [0, 0.1) is 6.92 Å². The summed E-state index contributed by atoms with van der Waals surface area (Å²) in [6.07, 6.45) is 0.336. The molecule has 1 aromatic carbocycles. The van der Waals surface area contributed by atoms with E-state index in [9.17, 15) is 13.2 Å². The molecule has 0 saturated carbocycles. The Morgan fingerprint density at radius 3 is 2.40 bits per heavy atom. The molecule has 7 nitrogen and oxygen atoms in total. The van der Waals surface area contributed by atoms with Gasteiger partial charge in [0, 0.05) is 19.0 Å². The van der Waals surface area contributed by atoms with Crippen LogP contribution in [0.3, 0.4) is 0 Å². The first kappa shape index (κ1) is 17.5. The lowest BCUT2D eigenvalue weighted by molar-refractivity contribution is 0.334. The summed E-state index contributed by atoms with van der Waals surface area (Å²) in [5.74, 6) is 0.166. The number of aromatic nitrogens is 2. The monoisotopic (exact) mass is 363 g/mol. The number of fused-ring (bicyclic) bond motifs is 1. The van der Waals surface area contributed by atoms with Crippen LogP contribution in [0.5, 0.6) is 6.01 Å². The summed E-state index contributed by atoms with van der Waals surface area (Å²) in [5, 5.41) is 0. The minimum atomic E-state index is -3.78. The van der Waals surface area contributed by atoms with Crippen molar-refractivity contribution in [1.82, 2.24) is 9.55 Å². The molecule has 2 heterocycles. The van der Waals surface area contributed by atoms with E-state index in [0.29, 0.717) is 12.0 Å². The van der Waals surface area contributed by atoms with Crippen molar-refractivity contribution in [3.05, 3.63) is 45.7 Å². The van der Waals surface area contributed by atoms with E-state index in [-0.39, 0.29) is 34.9 Å². The van der Waals surface area contributed by atoms with Gasteiger partial charge in [-0.15, -0.1) is 0 Å². The highest BCUT2D eigenvalue weighted by Crippen LogP contribution is 2.31. The lowest BCUT2D eigenvalue weighted by atomic mass is 10.2. The number of rotatable bonds is 4. The Hall–Kier alpha value is -2.35. The van der Waals surface area contributed by atoms with Gasteiger partial charge in [0.1, 0.15) is 0 Å². The van der Waals surface area contributed by atoms with Gasteiger partial charge in [-0.1, -0.05) is 17.7 Å². The zero-order valence-electron chi connectivity index (χ0n) is 14.7. The molecule has 0 amide bonds. The van der Waals surface area contributed by atoms with Crippen molar-refractivity contribution in [2.45, 2.75) is 38.1 Å². The van der Waals surface area contributed by atoms with E-state index in [0.717, 1.165) is 5.56 Å². The Morgan fingerprint density at radius 2 is 1.84 bits per heavy atom. The minimum Gasteiger partial charge on any atom is -0.468 e. The molecule has 0 atom stereocenters. The molecular formula is C17H21N3O4S. The first-order chi connectivity index (χ1) is 11.8. The molecule has 0 spiro atoms. The second-order valence-electron chi connectivity index (χ2n) is 6.31. The summed E-state index contributed by atoms with van der Waals surface area (Å²) in [4.78, 5) is 17.3. The van der Waals surface area contributed by atoms with Gasteiger partial charge in [0.15, 0.2) is 5.82 Å². The number of nitrogens with zero attached hydrogens (tertiary/aromatic N) is 3. The van der Waals surface area contributed by atoms with Crippen LogP contribution in [0.25, 0.3) is 0 Å². The molecule has 1 aliphatic heterocycles. The fraction of sp³-hybridized carbons (Fsp3) is 0.412. The predicted octanol–water partition coefficient (Wildman–Crippen LogP) is 1.89. The third-order valence-electron chi connectivity index (χ3n) is 4.26. The quantitative estimate of drug-likeness (QED) is 0.829. The average Bonchev–Trinajstić information content (AvgIpc) is 2.99. The van der Waals surface area contributed by atoms with E-state index in [1.165, 1.54) is 16.0 Å². The number of methoxy groups -OCH3 is 1. The number of anilines is 1. The number of sulfonamides is 1. The summed E-state index contributed by atoms with van der Waals surface area (Å²) in [7, 11) is -2.36. The second-order valence-corrected chi connectivity index (χ2v) is 8.17. The van der Waals surface area contributed by atoms with Gasteiger partial charge in [0.05, 0.1) is 17.6 Å². The molecule has 0 saturated heterocycles. The van der Waals surface area contributed by atoms with Crippen LogP contribution in [-0.4, -0.2) is 31.6 Å². The molecule has 0 aliphatic carbocycles. The van der Waals surface area contributed by atoms with Crippen molar-refractivity contribution in [3.8, 4) is 6.01 Å². The average molecular weight is 363 g/mol. The van der Waals surface area contributed by atoms with Crippen molar-refractivity contribution in [2.75, 3.05) is 18.0 Å². The molecule has 0 fully saturated rings. The van der Waals surface area contributed by atoms with Gasteiger partial charge in [0.2, 0.25) is 0 Å². The minimum absolute atomic E-state index is 0.116. The Labute approximate surface area is 146 Å². The van der Waals surface area contributed by atoms with Crippen LogP contribution in [0.2, 0.25) is 0 Å². The molecule has 1 aromatic heterocycles. The van der Waals surface area contributed by atoms with Crippen molar-refractivity contribution >= 4 is 15.8 Å². The topological polar surface area (TPSA) is 81.5 Å². The largest absolute Gasteiger partial charge is 0.468 e. The summed E-state index contributed by atoms with van der Waals surface area (Å²) in [6.45, 7) is 5.79. The maximum atomic E-state index is 13.0. The molecule has 3 rings (SSSR count). The van der Waals surface area contributed by atoms with Crippen LogP contribution in [-0.2, 0) is 16.4 Å². The molecule has 1 aliphatic rings. The van der Waals surface area contributed by atoms with Gasteiger partial charge in [0.25, 0.3) is 15.6 Å². The fourth-order valence-electron chi connectivity index (χ4n) is 2.96. The Morgan fingerprint density at radius 1 is 1.20 bits per heavy atom. The number of hydrogen-bond acceptors (Lipinski definition) is 5. The van der Waals surface area contributed by atoms with Crippen LogP contribution in [0.1, 0.15) is 31.0 Å². The third-order valence-corrected chi connectivity index (χ3v) is 6.07. The Bertz CT molecular complexity index is 963. The summed E-state index contributed by atoms with van der Waals surface area (Å²) >= 11 is 0. The maximum Gasteiger partial charge on any atom is 0.301 e. The fourth-order valence-corrected chi connectivity index (χ4v) is 4.40. The van der Waals surface area contributed by atoms with Crippen molar-refractivity contribution in [1.29, 1.82) is 0 Å². The van der Waals surface area contributed by atoms with Crippen molar-refractivity contribution < 1.29 is 13.2 Å². The highest BCUT2D eigenvalue weighted by molar-refractivity contribution is 7.92. The lowest BCUT2D eigenvalue weighted by Gasteiger charge is -2.20. The Kier molecular flexibility index (Phi) is 4.32. The molecule has 8 heteroatoms. The zero-order valence-corrected chi connectivity index (χ0v) is 15.5. The van der Waals surface area contributed by atoms with Crippen molar-refractivity contribution in [2.24, 2.45) is 0 Å². The highest BCUT2D eigenvalue weighted by Gasteiger charge is 2.35. The number of hydrogen-bond donors (Lipinski definition) is 0. The first-order valence-corrected chi connectivity index (χ1v) is 9.50. The molecule has 2 aromatic rings. The van der Waals surface area contributed by atoms with Gasteiger partial charge in [-0.3, -0.25) is 9.36 Å². The molecular weight excluding hydrogens is 342 g/mol. The van der Waals surface area contributed by atoms with Gasteiger partial charge in [-0.25, -0.2) is 12.7 Å².